The Morgan fingerprint density at radius 3 is 2.48 bits per heavy atom. The van der Waals surface area contributed by atoms with Crippen LogP contribution < -0.4 is 0 Å². The molecule has 2 rings (SSSR count). The van der Waals surface area contributed by atoms with Crippen LogP contribution in [0.25, 0.3) is 0 Å². The molecule has 1 aromatic heterocycles. The van der Waals surface area contributed by atoms with Gasteiger partial charge in [0.25, 0.3) is 0 Å². The van der Waals surface area contributed by atoms with Crippen molar-refractivity contribution in [3.8, 4) is 0 Å². The molecule has 0 spiro atoms. The third kappa shape index (κ3) is 3.79. The van der Waals surface area contributed by atoms with E-state index in [2.05, 4.69) is 0 Å². The van der Waals surface area contributed by atoms with Crippen LogP contribution in [0.1, 0.15) is 47.0 Å². The number of esters is 1. The molecule has 110 valence electrons. The van der Waals surface area contributed by atoms with E-state index in [0.29, 0.717) is 12.2 Å². The average molecular weight is 302 g/mol. The van der Waals surface area contributed by atoms with E-state index in [9.17, 15) is 9.59 Å². The topological polar surface area (TPSA) is 43.4 Å². The lowest BCUT2D eigenvalue weighted by atomic mass is 9.98. The molecule has 1 atom stereocenters. The molecule has 0 fully saturated rings. The predicted octanol–water partition coefficient (Wildman–Crippen LogP) is 4.04. The number of rotatable bonds is 6. The highest BCUT2D eigenvalue weighted by Gasteiger charge is 2.17. The minimum atomic E-state index is -0.317. The summed E-state index contributed by atoms with van der Waals surface area (Å²) < 4.78 is 5.14. The van der Waals surface area contributed by atoms with E-state index >= 15 is 0 Å². The molecule has 0 aliphatic rings. The van der Waals surface area contributed by atoms with Gasteiger partial charge in [-0.2, -0.15) is 0 Å². The van der Waals surface area contributed by atoms with Crippen molar-refractivity contribution in [3.05, 3.63) is 57.8 Å². The summed E-state index contributed by atoms with van der Waals surface area (Å²) in [4.78, 5) is 24.7. The highest BCUT2D eigenvalue weighted by molar-refractivity contribution is 7.12. The molecule has 0 amide bonds. The second-order valence-electron chi connectivity index (χ2n) is 4.82. The Bertz CT molecular complexity index is 599. The van der Waals surface area contributed by atoms with Crippen molar-refractivity contribution >= 4 is 23.1 Å². The van der Waals surface area contributed by atoms with Crippen molar-refractivity contribution in [3.63, 3.8) is 0 Å². The molecule has 0 N–H and O–H groups in total. The van der Waals surface area contributed by atoms with E-state index in [1.807, 2.05) is 43.5 Å². The van der Waals surface area contributed by atoms with Crippen LogP contribution in [-0.2, 0) is 9.53 Å². The number of carbonyl (C=O) groups is 2. The molecule has 0 aliphatic carbocycles. The van der Waals surface area contributed by atoms with Gasteiger partial charge in [-0.15, -0.1) is 11.3 Å². The Morgan fingerprint density at radius 2 is 1.90 bits per heavy atom. The lowest BCUT2D eigenvalue weighted by Crippen LogP contribution is -2.13. The largest absolute Gasteiger partial charge is 0.465 e. The van der Waals surface area contributed by atoms with Gasteiger partial charge in [-0.3, -0.25) is 9.59 Å². The Hall–Kier alpha value is -1.94. The van der Waals surface area contributed by atoms with Crippen LogP contribution in [-0.4, -0.2) is 18.4 Å². The minimum absolute atomic E-state index is 0.0118. The van der Waals surface area contributed by atoms with Crippen LogP contribution in [0.3, 0.4) is 0 Å². The zero-order chi connectivity index (χ0) is 15.2. The fourth-order valence-corrected chi connectivity index (χ4v) is 2.62. The monoisotopic (exact) mass is 302 g/mol. The SMILES string of the molecule is CCCOC(=O)C(C)c1ccc(C(=O)c2cccs2)cc1. The minimum Gasteiger partial charge on any atom is -0.465 e. The average Bonchev–Trinajstić information content (AvgIpc) is 3.05. The smallest absolute Gasteiger partial charge is 0.313 e. The van der Waals surface area contributed by atoms with Crippen LogP contribution in [0.2, 0.25) is 0 Å². The molecule has 0 saturated carbocycles. The normalized spacial score (nSPS) is 11.9. The van der Waals surface area contributed by atoms with Gasteiger partial charge < -0.3 is 4.74 Å². The first-order chi connectivity index (χ1) is 10.1. The first-order valence-corrected chi connectivity index (χ1v) is 7.86. The maximum atomic E-state index is 12.2. The standard InChI is InChI=1S/C17H18O3S/c1-3-10-20-17(19)12(2)13-6-8-14(9-7-13)16(18)15-5-4-11-21-15/h4-9,11-12H,3,10H2,1-2H3. The van der Waals surface area contributed by atoms with Crippen LogP contribution in [0.5, 0.6) is 0 Å². The summed E-state index contributed by atoms with van der Waals surface area (Å²) >= 11 is 1.43. The number of benzene rings is 1. The van der Waals surface area contributed by atoms with Gasteiger partial charge in [-0.1, -0.05) is 37.3 Å². The number of ether oxygens (including phenoxy) is 1. The van der Waals surface area contributed by atoms with Crippen molar-refractivity contribution < 1.29 is 14.3 Å². The van der Waals surface area contributed by atoms with Gasteiger partial charge in [0.05, 0.1) is 17.4 Å². The Balaban J connectivity index is 2.08. The molecule has 21 heavy (non-hydrogen) atoms. The lowest BCUT2D eigenvalue weighted by molar-refractivity contribution is -0.145. The van der Waals surface area contributed by atoms with Crippen molar-refractivity contribution in [1.29, 1.82) is 0 Å². The fourth-order valence-electron chi connectivity index (χ4n) is 1.94. The third-order valence-corrected chi connectivity index (χ3v) is 4.09. The maximum absolute atomic E-state index is 12.2. The third-order valence-electron chi connectivity index (χ3n) is 3.22. The maximum Gasteiger partial charge on any atom is 0.313 e. The zero-order valence-electron chi connectivity index (χ0n) is 12.2. The fraction of sp³-hybridized carbons (Fsp3) is 0.294. The van der Waals surface area contributed by atoms with Crippen LogP contribution in [0.15, 0.2) is 41.8 Å². The van der Waals surface area contributed by atoms with Crippen molar-refractivity contribution in [2.75, 3.05) is 6.61 Å². The molecule has 0 aliphatic heterocycles. The van der Waals surface area contributed by atoms with E-state index in [0.717, 1.165) is 16.9 Å². The van der Waals surface area contributed by atoms with Crippen LogP contribution in [0.4, 0.5) is 0 Å². The highest BCUT2D eigenvalue weighted by Crippen LogP contribution is 2.20. The summed E-state index contributed by atoms with van der Waals surface area (Å²) in [6.45, 7) is 4.22. The Morgan fingerprint density at radius 1 is 1.19 bits per heavy atom. The summed E-state index contributed by atoms with van der Waals surface area (Å²) in [6.07, 6.45) is 0.812. The van der Waals surface area contributed by atoms with E-state index < -0.39 is 0 Å². The zero-order valence-corrected chi connectivity index (χ0v) is 13.0. The van der Waals surface area contributed by atoms with Gasteiger partial charge in [-0.05, 0) is 30.4 Å². The summed E-state index contributed by atoms with van der Waals surface area (Å²) in [5.74, 6) is -0.533. The number of carbonyl (C=O) groups excluding carboxylic acids is 2. The molecule has 1 aromatic carbocycles. The van der Waals surface area contributed by atoms with E-state index in [1.165, 1.54) is 11.3 Å². The second kappa shape index (κ2) is 7.18. The first-order valence-electron chi connectivity index (χ1n) is 6.98. The van der Waals surface area contributed by atoms with Crippen molar-refractivity contribution in [1.82, 2.24) is 0 Å². The summed E-state index contributed by atoms with van der Waals surface area (Å²) in [5, 5.41) is 1.88. The van der Waals surface area contributed by atoms with E-state index in [1.54, 1.807) is 12.1 Å². The summed E-state index contributed by atoms with van der Waals surface area (Å²) in [6, 6.07) is 10.8. The molecule has 2 aromatic rings. The van der Waals surface area contributed by atoms with Gasteiger partial charge in [0.2, 0.25) is 5.78 Å². The van der Waals surface area contributed by atoms with E-state index in [-0.39, 0.29) is 17.7 Å². The van der Waals surface area contributed by atoms with Crippen LogP contribution >= 0.6 is 11.3 Å². The number of hydrogen-bond acceptors (Lipinski definition) is 4. The molecule has 1 heterocycles. The quantitative estimate of drug-likeness (QED) is 0.597. The van der Waals surface area contributed by atoms with Gasteiger partial charge >= 0.3 is 5.97 Å². The summed E-state index contributed by atoms with van der Waals surface area (Å²) in [5.41, 5.74) is 1.49. The molecule has 3 nitrogen and oxygen atoms in total. The van der Waals surface area contributed by atoms with Crippen LogP contribution in [0, 0.1) is 0 Å². The van der Waals surface area contributed by atoms with Gasteiger partial charge in [0.15, 0.2) is 0 Å². The van der Waals surface area contributed by atoms with E-state index in [4.69, 9.17) is 4.74 Å². The molecule has 0 radical (unpaired) electrons. The molecule has 4 heteroatoms. The van der Waals surface area contributed by atoms with Gasteiger partial charge in [-0.25, -0.2) is 0 Å². The molecular weight excluding hydrogens is 284 g/mol. The molecule has 0 saturated heterocycles. The first kappa shape index (κ1) is 15.4. The Labute approximate surface area is 128 Å². The number of thiophene rings is 1. The van der Waals surface area contributed by atoms with Gasteiger partial charge in [0, 0.05) is 5.56 Å². The lowest BCUT2D eigenvalue weighted by Gasteiger charge is -2.11. The summed E-state index contributed by atoms with van der Waals surface area (Å²) in [7, 11) is 0. The molecule has 1 unspecified atom stereocenters. The number of hydrogen-bond donors (Lipinski definition) is 0. The van der Waals surface area contributed by atoms with Crippen molar-refractivity contribution in [2.24, 2.45) is 0 Å². The number of ketones is 1. The molecule has 0 bridgehead atoms. The van der Waals surface area contributed by atoms with Gasteiger partial charge in [0.1, 0.15) is 0 Å². The Kier molecular flexibility index (Phi) is 5.28. The second-order valence-corrected chi connectivity index (χ2v) is 5.77. The predicted molar refractivity (Wildman–Crippen MR) is 83.9 cm³/mol. The van der Waals surface area contributed by atoms with Crippen molar-refractivity contribution in [2.45, 2.75) is 26.2 Å². The highest BCUT2D eigenvalue weighted by atomic mass is 32.1. The molecular formula is C17H18O3S.